The van der Waals surface area contributed by atoms with Crippen LogP contribution in [0.2, 0.25) is 0 Å². The lowest BCUT2D eigenvalue weighted by atomic mass is 10.1. The maximum absolute atomic E-state index is 14.4. The highest BCUT2D eigenvalue weighted by Gasteiger charge is 2.54. The molecule has 0 aromatic rings. The van der Waals surface area contributed by atoms with Crippen LogP contribution in [0.1, 0.15) is 6.42 Å². The summed E-state index contributed by atoms with van der Waals surface area (Å²) in [5.41, 5.74) is 11.6. The van der Waals surface area contributed by atoms with E-state index in [1.807, 2.05) is 4.90 Å². The Morgan fingerprint density at radius 3 is 3.00 bits per heavy atom. The molecule has 0 saturated carbocycles. The van der Waals surface area contributed by atoms with Gasteiger partial charge in [-0.05, 0) is 18.4 Å². The lowest BCUT2D eigenvalue weighted by Crippen LogP contribution is -2.49. The van der Waals surface area contributed by atoms with Crippen molar-refractivity contribution < 1.29 is 18.6 Å². The number of nitrogens with two attached hydrogens (primary N) is 2. The molecule has 5 N–H and O–H groups in total. The Bertz CT molecular complexity index is 621. The van der Waals surface area contributed by atoms with Crippen LogP contribution in [-0.2, 0) is 4.74 Å². The van der Waals surface area contributed by atoms with Gasteiger partial charge in [-0.3, -0.25) is 9.89 Å². The van der Waals surface area contributed by atoms with Crippen molar-refractivity contribution in [2.75, 3.05) is 26.2 Å². The topological polar surface area (TPSA) is 113 Å². The fourth-order valence-corrected chi connectivity index (χ4v) is 3.17. The molecule has 10 heteroatoms. The monoisotopic (exact) mass is 356 g/mol. The predicted molar refractivity (Wildman–Crippen MR) is 88.9 cm³/mol. The van der Waals surface area contributed by atoms with Crippen LogP contribution >= 0.6 is 0 Å². The zero-order valence-electron chi connectivity index (χ0n) is 13.6. The molecule has 0 amide bonds. The molecular weight excluding hydrogens is 334 g/mol. The lowest BCUT2D eigenvalue weighted by molar-refractivity contribution is -0.175. The van der Waals surface area contributed by atoms with Crippen molar-refractivity contribution in [2.45, 2.75) is 31.0 Å². The Hall–Kier alpha value is -2.04. The molecule has 3 aliphatic heterocycles. The van der Waals surface area contributed by atoms with Gasteiger partial charge >= 0.3 is 0 Å². The Labute approximate surface area is 144 Å². The van der Waals surface area contributed by atoms with E-state index in [0.717, 1.165) is 10.6 Å². The molecule has 0 aliphatic carbocycles. The summed E-state index contributed by atoms with van der Waals surface area (Å²) < 4.78 is 34.4. The van der Waals surface area contributed by atoms with E-state index in [1.54, 1.807) is 6.08 Å². The van der Waals surface area contributed by atoms with Gasteiger partial charge in [0.1, 0.15) is 5.84 Å². The molecule has 25 heavy (non-hydrogen) atoms. The zero-order valence-corrected chi connectivity index (χ0v) is 13.6. The molecule has 3 heterocycles. The minimum Gasteiger partial charge on any atom is -0.405 e. The first-order valence-corrected chi connectivity index (χ1v) is 8.03. The molecule has 1 saturated heterocycles. The SMILES string of the molecule is NC=CC1=NCCN(C[C@@H]2CC(F)(F)[C@H](N3C=CC(N)=NC3O)O2)C1. The van der Waals surface area contributed by atoms with Gasteiger partial charge in [0.2, 0.25) is 6.35 Å². The molecular formula is C15H22F2N6O2. The Morgan fingerprint density at radius 2 is 2.28 bits per heavy atom. The van der Waals surface area contributed by atoms with E-state index < -0.39 is 31.0 Å². The zero-order chi connectivity index (χ0) is 18.0. The van der Waals surface area contributed by atoms with Gasteiger partial charge in [0, 0.05) is 32.3 Å². The van der Waals surface area contributed by atoms with Gasteiger partial charge in [-0.25, -0.2) is 13.8 Å². The Balaban J connectivity index is 1.63. The first-order valence-electron chi connectivity index (χ1n) is 8.03. The van der Waals surface area contributed by atoms with E-state index in [9.17, 15) is 13.9 Å². The molecule has 1 unspecified atom stereocenters. The van der Waals surface area contributed by atoms with Crippen LogP contribution in [0.5, 0.6) is 0 Å². The van der Waals surface area contributed by atoms with E-state index in [-0.39, 0.29) is 5.84 Å². The number of aliphatic hydroxyl groups is 1. The number of hydrogen-bond acceptors (Lipinski definition) is 8. The molecule has 3 atom stereocenters. The quantitative estimate of drug-likeness (QED) is 0.622. The summed E-state index contributed by atoms with van der Waals surface area (Å²) in [5, 5.41) is 9.88. The number of aliphatic imine (C=N–C) groups is 2. The maximum Gasteiger partial charge on any atom is 0.294 e. The van der Waals surface area contributed by atoms with Crippen molar-refractivity contribution in [3.8, 4) is 0 Å². The second-order valence-corrected chi connectivity index (χ2v) is 6.21. The van der Waals surface area contributed by atoms with Crippen LogP contribution in [0.15, 0.2) is 34.5 Å². The third-order valence-electron chi connectivity index (χ3n) is 4.27. The largest absolute Gasteiger partial charge is 0.405 e. The van der Waals surface area contributed by atoms with Crippen LogP contribution in [0, 0.1) is 0 Å². The molecule has 3 rings (SSSR count). The second-order valence-electron chi connectivity index (χ2n) is 6.21. The number of halogens is 2. The fraction of sp³-hybridized carbons (Fsp3) is 0.600. The van der Waals surface area contributed by atoms with Gasteiger partial charge in [0.05, 0.1) is 18.4 Å². The van der Waals surface area contributed by atoms with E-state index in [4.69, 9.17) is 16.2 Å². The average molecular weight is 356 g/mol. The highest BCUT2D eigenvalue weighted by Crippen LogP contribution is 2.39. The standard InChI is InChI=1S/C15H22F2N6O2/c16-15(17)7-11(9-22-6-4-20-10(8-22)1-3-18)25-13(15)23-5-2-12(19)21-14(23)24/h1-3,5,11,13-14,24H,4,6-9,18H2,(H2,19,21)/t11-,13+,14?/m0/s1. The van der Waals surface area contributed by atoms with Gasteiger partial charge < -0.3 is 26.2 Å². The minimum atomic E-state index is -3.11. The molecule has 0 bridgehead atoms. The summed E-state index contributed by atoms with van der Waals surface area (Å²) in [7, 11) is 0. The third kappa shape index (κ3) is 3.97. The summed E-state index contributed by atoms with van der Waals surface area (Å²) in [6.07, 6.45) is 1.60. The van der Waals surface area contributed by atoms with Crippen LogP contribution in [0.4, 0.5) is 8.78 Å². The van der Waals surface area contributed by atoms with Crippen molar-refractivity contribution in [3.05, 3.63) is 24.6 Å². The Kier molecular flexibility index (Phi) is 5.02. The summed E-state index contributed by atoms with van der Waals surface area (Å²) in [6.45, 7) is 2.15. The van der Waals surface area contributed by atoms with Gasteiger partial charge in [0.15, 0.2) is 6.23 Å². The molecule has 1 fully saturated rings. The van der Waals surface area contributed by atoms with Gasteiger partial charge in [-0.15, -0.1) is 0 Å². The highest BCUT2D eigenvalue weighted by molar-refractivity contribution is 5.96. The first kappa shape index (κ1) is 17.8. The number of aliphatic hydroxyl groups excluding tert-OH is 1. The maximum atomic E-state index is 14.4. The van der Waals surface area contributed by atoms with E-state index in [1.165, 1.54) is 18.5 Å². The molecule has 138 valence electrons. The predicted octanol–water partition coefficient (Wildman–Crippen LogP) is -0.572. The van der Waals surface area contributed by atoms with Crippen molar-refractivity contribution >= 4 is 11.5 Å². The van der Waals surface area contributed by atoms with Crippen LogP contribution in [-0.4, -0.2) is 77.2 Å². The smallest absolute Gasteiger partial charge is 0.294 e. The van der Waals surface area contributed by atoms with Crippen LogP contribution < -0.4 is 11.5 Å². The molecule has 0 radical (unpaired) electrons. The fourth-order valence-electron chi connectivity index (χ4n) is 3.17. The van der Waals surface area contributed by atoms with Gasteiger partial charge in [0.25, 0.3) is 5.92 Å². The number of amidine groups is 1. The summed E-state index contributed by atoms with van der Waals surface area (Å²) >= 11 is 0. The minimum absolute atomic E-state index is 0.0784. The van der Waals surface area contributed by atoms with Crippen molar-refractivity contribution in [1.82, 2.24) is 9.80 Å². The summed E-state index contributed by atoms with van der Waals surface area (Å²) in [5.74, 6) is -3.03. The van der Waals surface area contributed by atoms with Crippen molar-refractivity contribution in [3.63, 3.8) is 0 Å². The number of rotatable bonds is 4. The third-order valence-corrected chi connectivity index (χ3v) is 4.27. The number of nitrogens with zero attached hydrogens (tertiary/aromatic N) is 4. The van der Waals surface area contributed by atoms with Crippen LogP contribution in [0.25, 0.3) is 0 Å². The second kappa shape index (κ2) is 7.06. The first-order chi connectivity index (χ1) is 11.9. The molecule has 0 aromatic carbocycles. The Morgan fingerprint density at radius 1 is 1.48 bits per heavy atom. The van der Waals surface area contributed by atoms with E-state index >= 15 is 0 Å². The molecule has 8 nitrogen and oxygen atoms in total. The summed E-state index contributed by atoms with van der Waals surface area (Å²) in [4.78, 5) is 11.0. The number of alkyl halides is 2. The van der Waals surface area contributed by atoms with E-state index in [2.05, 4.69) is 9.98 Å². The lowest BCUT2D eigenvalue weighted by Gasteiger charge is -2.34. The van der Waals surface area contributed by atoms with Crippen molar-refractivity contribution in [2.24, 2.45) is 21.5 Å². The molecule has 0 spiro atoms. The molecule has 0 aromatic heterocycles. The van der Waals surface area contributed by atoms with Gasteiger partial charge in [-0.1, -0.05) is 0 Å². The van der Waals surface area contributed by atoms with Crippen molar-refractivity contribution in [1.29, 1.82) is 0 Å². The summed E-state index contributed by atoms with van der Waals surface area (Å²) in [6, 6.07) is 0. The number of ether oxygens (including phenoxy) is 1. The van der Waals surface area contributed by atoms with Crippen LogP contribution in [0.3, 0.4) is 0 Å². The normalized spacial score (nSPS) is 32.9. The number of hydrogen-bond donors (Lipinski definition) is 3. The van der Waals surface area contributed by atoms with Gasteiger partial charge in [-0.2, -0.15) is 0 Å². The molecule has 3 aliphatic rings. The highest BCUT2D eigenvalue weighted by atomic mass is 19.3. The average Bonchev–Trinajstić information content (AvgIpc) is 2.82. The van der Waals surface area contributed by atoms with E-state index in [0.29, 0.717) is 26.2 Å².